The number of ether oxygens (including phenoxy) is 1. The lowest BCUT2D eigenvalue weighted by Gasteiger charge is -2.26. The summed E-state index contributed by atoms with van der Waals surface area (Å²) >= 11 is 5.60. The van der Waals surface area contributed by atoms with Gasteiger partial charge in [0, 0.05) is 20.4 Å². The summed E-state index contributed by atoms with van der Waals surface area (Å²) in [5, 5.41) is 0.169. The second kappa shape index (κ2) is 9.39. The molecular weight excluding hydrogens is 463 g/mol. The number of aromatic nitrogens is 1. The molecule has 0 bridgehead atoms. The molecule has 31 heavy (non-hydrogen) atoms. The van der Waals surface area contributed by atoms with Crippen molar-refractivity contribution in [1.82, 2.24) is 10.0 Å². The predicted octanol–water partition coefficient (Wildman–Crippen LogP) is 3.49. The maximum absolute atomic E-state index is 13.3. The minimum atomic E-state index is -4.87. The fourth-order valence-electron chi connectivity index (χ4n) is 2.54. The molecule has 0 radical (unpaired) electrons. The molecule has 13 heteroatoms. The van der Waals surface area contributed by atoms with Crippen LogP contribution in [-0.2, 0) is 25.8 Å². The van der Waals surface area contributed by atoms with Gasteiger partial charge in [0.2, 0.25) is 0 Å². The van der Waals surface area contributed by atoms with Crippen LogP contribution in [0.5, 0.6) is 0 Å². The van der Waals surface area contributed by atoms with Crippen molar-refractivity contribution in [2.45, 2.75) is 18.0 Å². The van der Waals surface area contributed by atoms with Crippen molar-refractivity contribution in [1.29, 1.82) is 0 Å². The van der Waals surface area contributed by atoms with Crippen molar-refractivity contribution in [2.75, 3.05) is 32.3 Å². The van der Waals surface area contributed by atoms with Crippen LogP contribution in [0.3, 0.4) is 0 Å². The van der Waals surface area contributed by atoms with E-state index in [2.05, 4.69) is 4.98 Å². The zero-order valence-corrected chi connectivity index (χ0v) is 18.5. The Labute approximate surface area is 182 Å². The van der Waals surface area contributed by atoms with E-state index in [-0.39, 0.29) is 11.4 Å². The van der Waals surface area contributed by atoms with Gasteiger partial charge in [-0.2, -0.15) is 13.2 Å². The Morgan fingerprint density at radius 3 is 2.42 bits per heavy atom. The van der Waals surface area contributed by atoms with Crippen molar-refractivity contribution < 1.29 is 36.0 Å². The van der Waals surface area contributed by atoms with E-state index in [1.165, 1.54) is 33.5 Å². The number of carbonyl (C=O) groups is 1. The summed E-state index contributed by atoms with van der Waals surface area (Å²) in [5.41, 5.74) is -1.32. The number of rotatable bonds is 7. The van der Waals surface area contributed by atoms with E-state index in [4.69, 9.17) is 21.2 Å². The van der Waals surface area contributed by atoms with Crippen molar-refractivity contribution >= 4 is 33.2 Å². The zero-order chi connectivity index (χ0) is 23.6. The Bertz CT molecular complexity index is 1080. The summed E-state index contributed by atoms with van der Waals surface area (Å²) in [6, 6.07) is 3.54. The first-order chi connectivity index (χ1) is 14.3. The highest BCUT2D eigenvalue weighted by atomic mass is 35.5. The molecule has 0 N–H and O–H groups in total. The van der Waals surface area contributed by atoms with E-state index < -0.39 is 44.3 Å². The van der Waals surface area contributed by atoms with Gasteiger partial charge in [-0.3, -0.25) is 9.63 Å². The van der Waals surface area contributed by atoms with Gasteiger partial charge < -0.3 is 4.74 Å². The number of hydroxylamine groups is 2. The highest BCUT2D eigenvalue weighted by Crippen LogP contribution is 2.37. The summed E-state index contributed by atoms with van der Waals surface area (Å²) in [6.07, 6.45) is -3.54. The lowest BCUT2D eigenvalue weighted by molar-refractivity contribution is -0.137. The van der Waals surface area contributed by atoms with E-state index in [0.717, 1.165) is 17.2 Å². The SMILES string of the molecule is COCN(c1cc(C)cnc1C(=O)N(C)OC)S(=O)(=O)c1ccc(Cl)c(C(F)(F)F)c1. The molecule has 0 aliphatic rings. The van der Waals surface area contributed by atoms with Gasteiger partial charge in [0.05, 0.1) is 28.3 Å². The van der Waals surface area contributed by atoms with E-state index in [9.17, 15) is 26.4 Å². The van der Waals surface area contributed by atoms with Crippen LogP contribution in [0.1, 0.15) is 21.6 Å². The number of halogens is 4. The minimum Gasteiger partial charge on any atom is -0.363 e. The number of amides is 1. The van der Waals surface area contributed by atoms with Gasteiger partial charge in [-0.1, -0.05) is 11.6 Å². The van der Waals surface area contributed by atoms with E-state index >= 15 is 0 Å². The highest BCUT2D eigenvalue weighted by Gasteiger charge is 2.36. The highest BCUT2D eigenvalue weighted by molar-refractivity contribution is 7.92. The second-order valence-corrected chi connectivity index (χ2v) is 8.55. The van der Waals surface area contributed by atoms with Crippen LogP contribution in [0.4, 0.5) is 18.9 Å². The molecule has 2 aromatic rings. The van der Waals surface area contributed by atoms with E-state index in [1.807, 2.05) is 0 Å². The first-order valence-electron chi connectivity index (χ1n) is 8.51. The van der Waals surface area contributed by atoms with Gasteiger partial charge in [-0.25, -0.2) is 22.8 Å². The van der Waals surface area contributed by atoms with Crippen LogP contribution >= 0.6 is 11.6 Å². The fourth-order valence-corrected chi connectivity index (χ4v) is 4.16. The standard InChI is InChI=1S/C18H19ClF3N3O5S/c1-11-7-15(16(23-9-11)17(26)24(2)30-4)25(10-29-3)31(27,28)12-5-6-14(19)13(8-12)18(20,21)22/h5-9H,10H2,1-4H3. The van der Waals surface area contributed by atoms with Crippen molar-refractivity contribution in [3.8, 4) is 0 Å². The van der Waals surface area contributed by atoms with Crippen LogP contribution in [0.15, 0.2) is 35.4 Å². The molecule has 0 aliphatic carbocycles. The molecule has 0 saturated carbocycles. The molecule has 170 valence electrons. The summed E-state index contributed by atoms with van der Waals surface area (Å²) in [6.45, 7) is 1.00. The molecule has 0 atom stereocenters. The molecule has 0 aliphatic heterocycles. The first-order valence-corrected chi connectivity index (χ1v) is 10.3. The summed E-state index contributed by atoms with van der Waals surface area (Å²) in [5.74, 6) is -0.777. The molecule has 1 amide bonds. The van der Waals surface area contributed by atoms with Gasteiger partial charge in [-0.05, 0) is 36.8 Å². The molecule has 0 fully saturated rings. The monoisotopic (exact) mass is 481 g/mol. The van der Waals surface area contributed by atoms with Crippen molar-refractivity contribution in [3.05, 3.63) is 52.3 Å². The van der Waals surface area contributed by atoms with Crippen LogP contribution in [0.25, 0.3) is 0 Å². The van der Waals surface area contributed by atoms with Crippen LogP contribution < -0.4 is 4.31 Å². The van der Waals surface area contributed by atoms with Gasteiger partial charge in [0.15, 0.2) is 5.69 Å². The smallest absolute Gasteiger partial charge is 0.363 e. The molecular formula is C18H19ClF3N3O5S. The second-order valence-electron chi connectivity index (χ2n) is 6.28. The third-order valence-corrected chi connectivity index (χ3v) is 6.17. The largest absolute Gasteiger partial charge is 0.417 e. The molecule has 0 spiro atoms. The normalized spacial score (nSPS) is 12.0. The van der Waals surface area contributed by atoms with Gasteiger partial charge >= 0.3 is 6.18 Å². The topological polar surface area (TPSA) is 89.0 Å². The molecule has 8 nitrogen and oxygen atoms in total. The summed E-state index contributed by atoms with van der Waals surface area (Å²) in [7, 11) is -0.918. The van der Waals surface area contributed by atoms with Crippen LogP contribution in [0.2, 0.25) is 5.02 Å². The Balaban J connectivity index is 2.72. The van der Waals surface area contributed by atoms with E-state index in [0.29, 0.717) is 15.9 Å². The maximum atomic E-state index is 13.3. The molecule has 1 aromatic heterocycles. The van der Waals surface area contributed by atoms with Gasteiger partial charge in [0.25, 0.3) is 15.9 Å². The van der Waals surface area contributed by atoms with Crippen LogP contribution in [0, 0.1) is 6.92 Å². The van der Waals surface area contributed by atoms with Crippen molar-refractivity contribution in [2.24, 2.45) is 0 Å². The average Bonchev–Trinajstić information content (AvgIpc) is 2.70. The number of sulfonamides is 1. The average molecular weight is 482 g/mol. The number of alkyl halides is 3. The third-order valence-electron chi connectivity index (χ3n) is 4.11. The lowest BCUT2D eigenvalue weighted by Crippen LogP contribution is -2.36. The number of benzene rings is 1. The molecule has 1 heterocycles. The number of hydrogen-bond acceptors (Lipinski definition) is 6. The molecule has 2 rings (SSSR count). The number of anilines is 1. The Kier molecular flexibility index (Phi) is 7.53. The number of pyridine rings is 1. The summed E-state index contributed by atoms with van der Waals surface area (Å²) in [4.78, 5) is 20.8. The van der Waals surface area contributed by atoms with E-state index in [1.54, 1.807) is 6.92 Å². The molecule has 0 saturated heterocycles. The number of carbonyl (C=O) groups excluding carboxylic acids is 1. The van der Waals surface area contributed by atoms with Gasteiger partial charge in [0.1, 0.15) is 6.73 Å². The van der Waals surface area contributed by atoms with Gasteiger partial charge in [-0.15, -0.1) is 0 Å². The van der Waals surface area contributed by atoms with Crippen LogP contribution in [-0.4, -0.2) is 52.4 Å². The first kappa shape index (κ1) is 24.9. The Morgan fingerprint density at radius 1 is 1.23 bits per heavy atom. The zero-order valence-electron chi connectivity index (χ0n) is 16.9. The lowest BCUT2D eigenvalue weighted by atomic mass is 10.2. The summed E-state index contributed by atoms with van der Waals surface area (Å²) < 4.78 is 71.9. The quantitative estimate of drug-likeness (QED) is 0.444. The maximum Gasteiger partial charge on any atom is 0.417 e. The Hall–Kier alpha value is -2.41. The number of nitrogens with zero attached hydrogens (tertiary/aromatic N) is 3. The fraction of sp³-hybridized carbons (Fsp3) is 0.333. The molecule has 1 aromatic carbocycles. The minimum absolute atomic E-state index is 0.195. The molecule has 0 unspecified atom stereocenters. The Morgan fingerprint density at radius 2 is 1.87 bits per heavy atom. The number of hydrogen-bond donors (Lipinski definition) is 0. The predicted molar refractivity (Wildman–Crippen MR) is 106 cm³/mol. The number of methoxy groups -OCH3 is 1. The van der Waals surface area contributed by atoms with Crippen molar-refractivity contribution in [3.63, 3.8) is 0 Å². The third kappa shape index (κ3) is 5.26. The number of aryl methyl sites for hydroxylation is 1.